The fourth-order valence-electron chi connectivity index (χ4n) is 6.68. The number of benzene rings is 5. The Bertz CT molecular complexity index is 1950. The Labute approximate surface area is 285 Å². The van der Waals surface area contributed by atoms with Crippen LogP contribution in [-0.2, 0) is 20.7 Å². The van der Waals surface area contributed by atoms with E-state index in [1.807, 2.05) is 84.9 Å². The van der Waals surface area contributed by atoms with Crippen LogP contribution in [0, 0.1) is 0 Å². The SMILES string of the molecule is O=C(N[C@@H](Cc1ccc(OC(=O)OCC2c3ccccc3-c3ccccc32)c(Br)c1)C(=O)O)OCC1c2ccccc2-c2ccccc21. The summed E-state index contributed by atoms with van der Waals surface area (Å²) in [7, 11) is 0. The number of halogens is 1. The summed E-state index contributed by atoms with van der Waals surface area (Å²) in [6.07, 6.45) is -1.70. The molecule has 0 fully saturated rings. The van der Waals surface area contributed by atoms with Crippen molar-refractivity contribution in [3.8, 4) is 28.0 Å². The highest BCUT2D eigenvalue weighted by molar-refractivity contribution is 9.10. The molecule has 1 amide bonds. The molecule has 2 aliphatic carbocycles. The maximum atomic E-state index is 12.8. The lowest BCUT2D eigenvalue weighted by atomic mass is 9.98. The van der Waals surface area contributed by atoms with Gasteiger partial charge in [-0.3, -0.25) is 0 Å². The van der Waals surface area contributed by atoms with Gasteiger partial charge in [-0.25, -0.2) is 14.4 Å². The van der Waals surface area contributed by atoms with Crippen molar-refractivity contribution in [3.05, 3.63) is 148 Å². The van der Waals surface area contributed by atoms with Gasteiger partial charge in [0.2, 0.25) is 0 Å². The molecular formula is C39H30BrNO7. The van der Waals surface area contributed by atoms with E-state index >= 15 is 0 Å². The van der Waals surface area contributed by atoms with Crippen molar-refractivity contribution < 1.29 is 33.7 Å². The molecule has 8 nitrogen and oxygen atoms in total. The number of nitrogens with one attached hydrogen (secondary N) is 1. The molecule has 0 aliphatic heterocycles. The molecule has 9 heteroatoms. The molecular weight excluding hydrogens is 674 g/mol. The summed E-state index contributed by atoms with van der Waals surface area (Å²) in [5.74, 6) is -1.25. The summed E-state index contributed by atoms with van der Waals surface area (Å²) < 4.78 is 17.0. The zero-order chi connectivity index (χ0) is 33.2. The minimum absolute atomic E-state index is 0.0245. The standard InChI is InChI=1S/C39H30BrNO7/c40-34-19-23(17-18-36(34)48-39(45)47-22-33-30-15-7-3-11-26(30)27-12-4-8-16-31(27)33)20-35(37(42)43)41-38(44)46-21-32-28-13-5-1-9-24(28)25-10-2-6-14-29(25)32/h1-19,32-33,35H,20-22H2,(H,41,44)(H,42,43)/t35-/m0/s1. The molecule has 0 unspecified atom stereocenters. The summed E-state index contributed by atoms with van der Waals surface area (Å²) in [5.41, 5.74) is 9.35. The van der Waals surface area contributed by atoms with E-state index in [1.165, 1.54) is 0 Å². The highest BCUT2D eigenvalue weighted by atomic mass is 79.9. The Morgan fingerprint density at radius 1 is 0.667 bits per heavy atom. The van der Waals surface area contributed by atoms with Gasteiger partial charge in [0.15, 0.2) is 0 Å². The van der Waals surface area contributed by atoms with Gasteiger partial charge >= 0.3 is 18.2 Å². The number of hydrogen-bond acceptors (Lipinski definition) is 6. The van der Waals surface area contributed by atoms with Crippen LogP contribution < -0.4 is 10.1 Å². The van der Waals surface area contributed by atoms with Crippen molar-refractivity contribution in [1.29, 1.82) is 0 Å². The summed E-state index contributed by atoms with van der Waals surface area (Å²) in [6, 6.07) is 35.7. The first-order valence-electron chi connectivity index (χ1n) is 15.5. The van der Waals surface area contributed by atoms with Gasteiger partial charge in [0.05, 0.1) is 4.47 Å². The Kier molecular flexibility index (Phi) is 8.69. The third-order valence-electron chi connectivity index (χ3n) is 8.89. The molecule has 0 saturated heterocycles. The van der Waals surface area contributed by atoms with Crippen molar-refractivity contribution in [1.82, 2.24) is 5.32 Å². The third kappa shape index (κ3) is 6.16. The number of fused-ring (bicyclic) bond motifs is 6. The second-order valence-electron chi connectivity index (χ2n) is 11.7. The van der Waals surface area contributed by atoms with Crippen LogP contribution in [0.15, 0.2) is 120 Å². The maximum absolute atomic E-state index is 12.8. The van der Waals surface area contributed by atoms with Crippen molar-refractivity contribution in [2.24, 2.45) is 0 Å². The van der Waals surface area contributed by atoms with Crippen LogP contribution in [0.25, 0.3) is 22.3 Å². The molecule has 240 valence electrons. The average molecular weight is 705 g/mol. The predicted molar refractivity (Wildman–Crippen MR) is 183 cm³/mol. The fraction of sp³-hybridized carbons (Fsp3) is 0.154. The highest BCUT2D eigenvalue weighted by Gasteiger charge is 2.31. The van der Waals surface area contributed by atoms with Crippen molar-refractivity contribution >= 4 is 34.1 Å². The number of carbonyl (C=O) groups is 3. The van der Waals surface area contributed by atoms with Gasteiger partial charge in [-0.15, -0.1) is 0 Å². The smallest absolute Gasteiger partial charge is 0.480 e. The van der Waals surface area contributed by atoms with Gasteiger partial charge in [-0.2, -0.15) is 0 Å². The van der Waals surface area contributed by atoms with Crippen LogP contribution in [-0.4, -0.2) is 42.6 Å². The number of carboxylic acid groups (broad SMARTS) is 1. The number of hydrogen-bond donors (Lipinski definition) is 2. The number of alkyl carbamates (subject to hydrolysis) is 1. The van der Waals surface area contributed by atoms with E-state index in [-0.39, 0.29) is 37.2 Å². The largest absolute Gasteiger partial charge is 0.513 e. The Morgan fingerprint density at radius 3 is 1.58 bits per heavy atom. The number of rotatable bonds is 9. The molecule has 5 aromatic carbocycles. The Hall–Kier alpha value is -5.41. The molecule has 7 rings (SSSR count). The summed E-state index contributed by atoms with van der Waals surface area (Å²) >= 11 is 3.41. The number of ether oxygens (including phenoxy) is 3. The molecule has 2 aliphatic rings. The number of carbonyl (C=O) groups excluding carboxylic acids is 2. The Morgan fingerprint density at radius 2 is 1.12 bits per heavy atom. The van der Waals surface area contributed by atoms with Crippen LogP contribution >= 0.6 is 15.9 Å². The molecule has 1 atom stereocenters. The first kappa shape index (κ1) is 31.2. The molecule has 0 saturated carbocycles. The zero-order valence-corrected chi connectivity index (χ0v) is 27.2. The number of carboxylic acids is 1. The van der Waals surface area contributed by atoms with Gasteiger partial charge in [0, 0.05) is 18.3 Å². The van der Waals surface area contributed by atoms with Gasteiger partial charge in [-0.05, 0) is 78.1 Å². The van der Waals surface area contributed by atoms with Crippen LogP contribution in [0.4, 0.5) is 9.59 Å². The second-order valence-corrected chi connectivity index (χ2v) is 12.6. The molecule has 0 heterocycles. The molecule has 0 spiro atoms. The van der Waals surface area contributed by atoms with Crippen molar-refractivity contribution in [2.45, 2.75) is 24.3 Å². The molecule has 0 bridgehead atoms. The minimum atomic E-state index is -1.25. The topological polar surface area (TPSA) is 111 Å². The quantitative estimate of drug-likeness (QED) is 0.117. The molecule has 0 aromatic heterocycles. The highest BCUT2D eigenvalue weighted by Crippen LogP contribution is 2.45. The molecule has 0 radical (unpaired) electrons. The van der Waals surface area contributed by atoms with Gasteiger partial charge in [0.25, 0.3) is 0 Å². The first-order valence-corrected chi connectivity index (χ1v) is 16.3. The average Bonchev–Trinajstić information content (AvgIpc) is 3.59. The van der Waals surface area contributed by atoms with Gasteiger partial charge < -0.3 is 24.6 Å². The van der Waals surface area contributed by atoms with Crippen LogP contribution in [0.3, 0.4) is 0 Å². The van der Waals surface area contributed by atoms with Gasteiger partial charge in [0.1, 0.15) is 25.0 Å². The van der Waals surface area contributed by atoms with E-state index in [9.17, 15) is 19.5 Å². The summed E-state index contributed by atoms with van der Waals surface area (Å²) in [5, 5.41) is 12.3. The third-order valence-corrected chi connectivity index (χ3v) is 9.51. The van der Waals surface area contributed by atoms with E-state index in [1.54, 1.807) is 18.2 Å². The first-order chi connectivity index (χ1) is 23.4. The lowest BCUT2D eigenvalue weighted by molar-refractivity contribution is -0.139. The fourth-order valence-corrected chi connectivity index (χ4v) is 7.19. The lowest BCUT2D eigenvalue weighted by Crippen LogP contribution is -2.42. The lowest BCUT2D eigenvalue weighted by Gasteiger charge is -2.18. The molecule has 2 N–H and O–H groups in total. The van der Waals surface area contributed by atoms with Crippen molar-refractivity contribution in [3.63, 3.8) is 0 Å². The summed E-state index contributed by atoms with van der Waals surface area (Å²) in [4.78, 5) is 37.6. The number of amides is 1. The van der Waals surface area contributed by atoms with Gasteiger partial charge in [-0.1, -0.05) is 103 Å². The van der Waals surface area contributed by atoms with Crippen LogP contribution in [0.5, 0.6) is 5.75 Å². The van der Waals surface area contributed by atoms with Crippen molar-refractivity contribution in [2.75, 3.05) is 13.2 Å². The van der Waals surface area contributed by atoms with E-state index in [2.05, 4.69) is 33.4 Å². The number of aliphatic carboxylic acids is 1. The second kappa shape index (κ2) is 13.4. The molecule has 5 aromatic rings. The zero-order valence-electron chi connectivity index (χ0n) is 25.6. The van der Waals surface area contributed by atoms with E-state index < -0.39 is 24.3 Å². The predicted octanol–water partition coefficient (Wildman–Crippen LogP) is 8.31. The summed E-state index contributed by atoms with van der Waals surface area (Å²) in [6.45, 7) is 0.185. The monoisotopic (exact) mass is 703 g/mol. The maximum Gasteiger partial charge on any atom is 0.513 e. The Balaban J connectivity index is 0.945. The van der Waals surface area contributed by atoms with Crippen LogP contribution in [0.2, 0.25) is 0 Å². The molecule has 48 heavy (non-hydrogen) atoms. The van der Waals surface area contributed by atoms with E-state index in [4.69, 9.17) is 14.2 Å². The van der Waals surface area contributed by atoms with E-state index in [0.29, 0.717) is 10.0 Å². The minimum Gasteiger partial charge on any atom is -0.480 e. The normalized spacial score (nSPS) is 13.4. The van der Waals surface area contributed by atoms with Crippen LogP contribution in [0.1, 0.15) is 39.7 Å². The van der Waals surface area contributed by atoms with E-state index in [0.717, 1.165) is 44.5 Å².